The molecule has 144 valence electrons. The maximum atomic E-state index is 13.2. The van der Waals surface area contributed by atoms with Gasteiger partial charge in [0.25, 0.3) is 11.8 Å². The van der Waals surface area contributed by atoms with Crippen LogP contribution in [-0.4, -0.2) is 56.4 Å². The first-order valence-corrected chi connectivity index (χ1v) is 9.21. The van der Waals surface area contributed by atoms with Crippen molar-refractivity contribution in [1.82, 2.24) is 25.0 Å². The summed E-state index contributed by atoms with van der Waals surface area (Å²) < 4.78 is 5.27. The van der Waals surface area contributed by atoms with Crippen molar-refractivity contribution in [3.63, 3.8) is 0 Å². The molecule has 1 fully saturated rings. The number of amides is 2. The topological polar surface area (TPSA) is 95.3 Å². The number of aryl methyl sites for hydroxylation is 1. The van der Waals surface area contributed by atoms with Gasteiger partial charge >= 0.3 is 0 Å². The molecule has 0 bridgehead atoms. The zero-order valence-electron chi connectivity index (χ0n) is 15.5. The van der Waals surface area contributed by atoms with E-state index in [1.54, 1.807) is 34.1 Å². The van der Waals surface area contributed by atoms with Crippen molar-refractivity contribution in [3.05, 3.63) is 71.7 Å². The summed E-state index contributed by atoms with van der Waals surface area (Å²) >= 11 is 0. The smallest absolute Gasteiger partial charge is 0.289 e. The van der Waals surface area contributed by atoms with Crippen LogP contribution in [0.25, 0.3) is 0 Å². The lowest BCUT2D eigenvalue weighted by atomic mass is 10.1. The summed E-state index contributed by atoms with van der Waals surface area (Å²) in [6.07, 6.45) is 2.14. The van der Waals surface area contributed by atoms with Gasteiger partial charge in [-0.3, -0.25) is 14.7 Å². The van der Waals surface area contributed by atoms with E-state index in [2.05, 4.69) is 15.2 Å². The summed E-state index contributed by atoms with van der Waals surface area (Å²) in [6.45, 7) is 3.14. The highest BCUT2D eigenvalue weighted by atomic mass is 16.3. The third-order valence-electron chi connectivity index (χ3n) is 4.81. The number of H-pyrrole nitrogens is 1. The summed E-state index contributed by atoms with van der Waals surface area (Å²) in [7, 11) is 0. The highest BCUT2D eigenvalue weighted by Gasteiger charge is 2.35. The summed E-state index contributed by atoms with van der Waals surface area (Å²) in [5.74, 6) is 1.15. The van der Waals surface area contributed by atoms with E-state index in [1.165, 1.54) is 6.26 Å². The standard InChI is InChI=1S/C20H21N5O3/c1-14-21-18(23-22-14)16-13-24(20(27)17-9-5-12-28-17)10-6-11-25(16)19(26)15-7-3-2-4-8-15/h2-5,7-9,12,16H,6,10-11,13H2,1H3,(H,21,22,23). The lowest BCUT2D eigenvalue weighted by Gasteiger charge is -2.29. The van der Waals surface area contributed by atoms with Crippen LogP contribution < -0.4 is 0 Å². The molecule has 2 aromatic heterocycles. The summed E-state index contributed by atoms with van der Waals surface area (Å²) in [6, 6.07) is 12.0. The Hall–Kier alpha value is -3.42. The van der Waals surface area contributed by atoms with Gasteiger partial charge in [-0.15, -0.1) is 0 Å². The second-order valence-electron chi connectivity index (χ2n) is 6.74. The number of furan rings is 1. The van der Waals surface area contributed by atoms with Gasteiger partial charge in [-0.25, -0.2) is 4.98 Å². The van der Waals surface area contributed by atoms with E-state index < -0.39 is 6.04 Å². The number of aromatic amines is 1. The zero-order chi connectivity index (χ0) is 19.5. The lowest BCUT2D eigenvalue weighted by Crippen LogP contribution is -2.40. The molecule has 1 saturated heterocycles. The number of nitrogens with one attached hydrogen (secondary N) is 1. The molecule has 0 radical (unpaired) electrons. The number of hydrogen-bond acceptors (Lipinski definition) is 5. The van der Waals surface area contributed by atoms with Crippen LogP contribution in [0.5, 0.6) is 0 Å². The van der Waals surface area contributed by atoms with E-state index in [-0.39, 0.29) is 17.6 Å². The van der Waals surface area contributed by atoms with E-state index in [0.29, 0.717) is 43.3 Å². The first kappa shape index (κ1) is 18.0. The third-order valence-corrected chi connectivity index (χ3v) is 4.81. The molecule has 28 heavy (non-hydrogen) atoms. The number of benzene rings is 1. The third kappa shape index (κ3) is 3.53. The maximum Gasteiger partial charge on any atom is 0.289 e. The number of nitrogens with zero attached hydrogens (tertiary/aromatic N) is 4. The van der Waals surface area contributed by atoms with Crippen LogP contribution in [0.4, 0.5) is 0 Å². The Morgan fingerprint density at radius 2 is 1.93 bits per heavy atom. The second-order valence-corrected chi connectivity index (χ2v) is 6.74. The first-order chi connectivity index (χ1) is 13.6. The van der Waals surface area contributed by atoms with Gasteiger partial charge in [0.15, 0.2) is 11.6 Å². The summed E-state index contributed by atoms with van der Waals surface area (Å²) in [5, 5.41) is 7.11. The predicted octanol–water partition coefficient (Wildman–Crippen LogP) is 2.44. The molecule has 3 heterocycles. The highest BCUT2D eigenvalue weighted by molar-refractivity contribution is 5.95. The number of aromatic nitrogens is 3. The van der Waals surface area contributed by atoms with Crippen LogP contribution >= 0.6 is 0 Å². The van der Waals surface area contributed by atoms with Crippen molar-refractivity contribution < 1.29 is 14.0 Å². The van der Waals surface area contributed by atoms with Crippen molar-refractivity contribution in [3.8, 4) is 0 Å². The monoisotopic (exact) mass is 379 g/mol. The van der Waals surface area contributed by atoms with Crippen LogP contribution in [0, 0.1) is 6.92 Å². The molecule has 8 nitrogen and oxygen atoms in total. The molecule has 1 aliphatic rings. The molecular weight excluding hydrogens is 358 g/mol. The Bertz CT molecular complexity index is 951. The molecule has 1 N–H and O–H groups in total. The molecule has 8 heteroatoms. The lowest BCUT2D eigenvalue weighted by molar-refractivity contribution is 0.0611. The number of carbonyl (C=O) groups excluding carboxylic acids is 2. The van der Waals surface area contributed by atoms with Gasteiger partial charge in [-0.2, -0.15) is 5.10 Å². The van der Waals surface area contributed by atoms with Crippen LogP contribution in [0.15, 0.2) is 53.1 Å². The Morgan fingerprint density at radius 3 is 2.61 bits per heavy atom. The van der Waals surface area contributed by atoms with Gasteiger partial charge in [-0.05, 0) is 37.6 Å². The number of carbonyl (C=O) groups is 2. The largest absolute Gasteiger partial charge is 0.459 e. The fraction of sp³-hybridized carbons (Fsp3) is 0.300. The molecule has 1 aliphatic heterocycles. The minimum atomic E-state index is -0.445. The van der Waals surface area contributed by atoms with E-state index in [0.717, 1.165) is 0 Å². The van der Waals surface area contributed by atoms with Gasteiger partial charge in [0.2, 0.25) is 0 Å². The Labute approximate surface area is 162 Å². The van der Waals surface area contributed by atoms with Crippen LogP contribution in [0.1, 0.15) is 45.0 Å². The van der Waals surface area contributed by atoms with E-state index in [1.807, 2.05) is 25.1 Å². The maximum absolute atomic E-state index is 13.2. The van der Waals surface area contributed by atoms with E-state index >= 15 is 0 Å². The molecule has 0 spiro atoms. The van der Waals surface area contributed by atoms with Crippen LogP contribution in [0.2, 0.25) is 0 Å². The molecule has 4 rings (SSSR count). The summed E-state index contributed by atoms with van der Waals surface area (Å²) in [4.78, 5) is 33.9. The van der Waals surface area contributed by atoms with Gasteiger partial charge < -0.3 is 14.2 Å². The van der Waals surface area contributed by atoms with Crippen molar-refractivity contribution in [2.24, 2.45) is 0 Å². The molecule has 1 atom stereocenters. The van der Waals surface area contributed by atoms with Crippen molar-refractivity contribution in [2.45, 2.75) is 19.4 Å². The normalized spacial score (nSPS) is 17.4. The number of hydrogen-bond donors (Lipinski definition) is 1. The molecule has 2 amide bonds. The molecule has 0 saturated carbocycles. The van der Waals surface area contributed by atoms with Crippen LogP contribution in [0.3, 0.4) is 0 Å². The molecule has 1 aromatic carbocycles. The minimum absolute atomic E-state index is 0.0969. The Kier molecular flexibility index (Phi) is 4.92. The first-order valence-electron chi connectivity index (χ1n) is 9.21. The van der Waals surface area contributed by atoms with Crippen molar-refractivity contribution in [2.75, 3.05) is 19.6 Å². The number of rotatable bonds is 3. The minimum Gasteiger partial charge on any atom is -0.459 e. The van der Waals surface area contributed by atoms with Crippen molar-refractivity contribution >= 4 is 11.8 Å². The fourth-order valence-electron chi connectivity index (χ4n) is 3.45. The summed E-state index contributed by atoms with van der Waals surface area (Å²) in [5.41, 5.74) is 0.602. The van der Waals surface area contributed by atoms with Gasteiger partial charge in [-0.1, -0.05) is 18.2 Å². The van der Waals surface area contributed by atoms with E-state index in [4.69, 9.17) is 4.42 Å². The second kappa shape index (κ2) is 7.67. The Balaban J connectivity index is 1.66. The fourth-order valence-corrected chi connectivity index (χ4v) is 3.45. The van der Waals surface area contributed by atoms with E-state index in [9.17, 15) is 9.59 Å². The SMILES string of the molecule is Cc1nc(C2CN(C(=O)c3ccco3)CCCN2C(=O)c2ccccc2)n[nH]1. The molecule has 1 unspecified atom stereocenters. The van der Waals surface area contributed by atoms with Gasteiger partial charge in [0, 0.05) is 25.2 Å². The Morgan fingerprint density at radius 1 is 1.11 bits per heavy atom. The average molecular weight is 379 g/mol. The quantitative estimate of drug-likeness (QED) is 0.754. The van der Waals surface area contributed by atoms with Gasteiger partial charge in [0.05, 0.1) is 6.26 Å². The van der Waals surface area contributed by atoms with Crippen molar-refractivity contribution in [1.29, 1.82) is 0 Å². The van der Waals surface area contributed by atoms with Gasteiger partial charge in [0.1, 0.15) is 11.9 Å². The highest BCUT2D eigenvalue weighted by Crippen LogP contribution is 2.26. The average Bonchev–Trinajstić information content (AvgIpc) is 3.35. The molecular formula is C20H21N5O3. The molecule has 3 aromatic rings. The predicted molar refractivity (Wildman–Crippen MR) is 101 cm³/mol. The zero-order valence-corrected chi connectivity index (χ0v) is 15.5. The molecule has 0 aliphatic carbocycles. The van der Waals surface area contributed by atoms with Crippen LogP contribution in [-0.2, 0) is 0 Å².